The molecule has 1 aliphatic heterocycles. The van der Waals surface area contributed by atoms with Gasteiger partial charge in [0.2, 0.25) is 0 Å². The molecule has 102 valence electrons. The van der Waals surface area contributed by atoms with Crippen molar-refractivity contribution in [2.75, 3.05) is 24.6 Å². The number of ether oxygens (including phenoxy) is 1. The van der Waals surface area contributed by atoms with Crippen LogP contribution in [0.3, 0.4) is 0 Å². The molecule has 1 fully saturated rings. The minimum atomic E-state index is -0.0285. The van der Waals surface area contributed by atoms with Crippen molar-refractivity contribution in [3.05, 3.63) is 30.6 Å². The summed E-state index contributed by atoms with van der Waals surface area (Å²) in [6.07, 6.45) is 4.88. The number of aromatic amines is 2. The van der Waals surface area contributed by atoms with Crippen molar-refractivity contribution in [3.8, 4) is 0 Å². The summed E-state index contributed by atoms with van der Waals surface area (Å²) in [6.45, 7) is 2.15. The second-order valence-electron chi connectivity index (χ2n) is 4.62. The lowest BCUT2D eigenvalue weighted by Gasteiger charge is -2.33. The molecule has 8 nitrogen and oxygen atoms in total. The van der Waals surface area contributed by atoms with Crippen LogP contribution < -0.4 is 4.90 Å². The number of hydrogen-bond donors (Lipinski definition) is 2. The molecule has 1 atom stereocenters. The number of anilines is 1. The quantitative estimate of drug-likeness (QED) is 0.710. The third-order valence-corrected chi connectivity index (χ3v) is 3.44. The minimum Gasteiger partial charge on any atom is -0.368 e. The second kappa shape index (κ2) is 4.57. The van der Waals surface area contributed by atoms with E-state index in [2.05, 4.69) is 35.0 Å². The largest absolute Gasteiger partial charge is 0.368 e. The predicted molar refractivity (Wildman–Crippen MR) is 71.2 cm³/mol. The Morgan fingerprint density at radius 1 is 1.30 bits per heavy atom. The van der Waals surface area contributed by atoms with E-state index in [1.54, 1.807) is 18.9 Å². The number of H-pyrrole nitrogens is 2. The van der Waals surface area contributed by atoms with Crippen molar-refractivity contribution in [1.82, 2.24) is 30.1 Å². The standard InChI is InChI=1S/C12H13N7O/c1-2-17-18-8(1)9-5-19(3-4-20-9)12-10-11(14-6-13-10)15-7-16-12/h1-2,6-7,9H,3-5H2,(H,17,18)(H,13,14,15,16). The van der Waals surface area contributed by atoms with E-state index in [0.29, 0.717) is 18.8 Å². The Morgan fingerprint density at radius 2 is 2.30 bits per heavy atom. The molecule has 4 heterocycles. The zero-order valence-corrected chi connectivity index (χ0v) is 10.7. The van der Waals surface area contributed by atoms with Crippen LogP contribution >= 0.6 is 0 Å². The Morgan fingerprint density at radius 3 is 3.20 bits per heavy atom. The number of aromatic nitrogens is 6. The maximum atomic E-state index is 5.79. The highest BCUT2D eigenvalue weighted by molar-refractivity contribution is 5.82. The monoisotopic (exact) mass is 271 g/mol. The Labute approximate surface area is 114 Å². The lowest BCUT2D eigenvalue weighted by Crippen LogP contribution is -2.39. The number of rotatable bonds is 2. The summed E-state index contributed by atoms with van der Waals surface area (Å²) in [7, 11) is 0. The number of morpholine rings is 1. The van der Waals surface area contributed by atoms with Gasteiger partial charge in [-0.1, -0.05) is 0 Å². The maximum absolute atomic E-state index is 5.79. The minimum absolute atomic E-state index is 0.0285. The first-order chi connectivity index (χ1) is 9.92. The van der Waals surface area contributed by atoms with Crippen molar-refractivity contribution in [2.45, 2.75) is 6.10 Å². The fourth-order valence-corrected chi connectivity index (χ4v) is 2.47. The van der Waals surface area contributed by atoms with Gasteiger partial charge in [0.25, 0.3) is 0 Å². The van der Waals surface area contributed by atoms with E-state index in [1.165, 1.54) is 0 Å². The molecule has 3 aromatic heterocycles. The van der Waals surface area contributed by atoms with Gasteiger partial charge in [0.1, 0.15) is 17.9 Å². The van der Waals surface area contributed by atoms with Crippen LogP contribution in [0.2, 0.25) is 0 Å². The maximum Gasteiger partial charge on any atom is 0.182 e. The highest BCUT2D eigenvalue weighted by Gasteiger charge is 2.25. The Kier molecular flexibility index (Phi) is 2.59. The molecule has 2 N–H and O–H groups in total. The average molecular weight is 271 g/mol. The first-order valence-corrected chi connectivity index (χ1v) is 6.42. The number of nitrogens with one attached hydrogen (secondary N) is 2. The molecule has 0 aromatic carbocycles. The van der Waals surface area contributed by atoms with Gasteiger partial charge in [-0.15, -0.1) is 0 Å². The third-order valence-electron chi connectivity index (χ3n) is 3.44. The van der Waals surface area contributed by atoms with E-state index < -0.39 is 0 Å². The van der Waals surface area contributed by atoms with Crippen LogP contribution in [0.25, 0.3) is 11.2 Å². The average Bonchev–Trinajstić information content (AvgIpc) is 3.18. The first kappa shape index (κ1) is 11.4. The molecule has 20 heavy (non-hydrogen) atoms. The normalized spacial score (nSPS) is 19.6. The van der Waals surface area contributed by atoms with Crippen molar-refractivity contribution in [1.29, 1.82) is 0 Å². The Bertz CT molecular complexity index is 708. The summed E-state index contributed by atoms with van der Waals surface area (Å²) < 4.78 is 5.79. The van der Waals surface area contributed by atoms with E-state index in [1.807, 2.05) is 6.07 Å². The van der Waals surface area contributed by atoms with E-state index in [-0.39, 0.29) is 6.10 Å². The van der Waals surface area contributed by atoms with Crippen molar-refractivity contribution in [3.63, 3.8) is 0 Å². The van der Waals surface area contributed by atoms with Crippen LogP contribution in [-0.2, 0) is 4.74 Å². The van der Waals surface area contributed by atoms with Crippen molar-refractivity contribution >= 4 is 17.0 Å². The van der Waals surface area contributed by atoms with Gasteiger partial charge in [0, 0.05) is 12.7 Å². The molecule has 0 amide bonds. The van der Waals surface area contributed by atoms with Gasteiger partial charge in [-0.25, -0.2) is 15.0 Å². The summed E-state index contributed by atoms with van der Waals surface area (Å²) in [6, 6.07) is 1.93. The van der Waals surface area contributed by atoms with Gasteiger partial charge in [-0.2, -0.15) is 5.10 Å². The van der Waals surface area contributed by atoms with E-state index in [0.717, 1.165) is 23.6 Å². The molecule has 0 aliphatic carbocycles. The topological polar surface area (TPSA) is 95.6 Å². The molecule has 0 saturated carbocycles. The smallest absolute Gasteiger partial charge is 0.182 e. The zero-order valence-electron chi connectivity index (χ0n) is 10.7. The lowest BCUT2D eigenvalue weighted by molar-refractivity contribution is 0.0368. The highest BCUT2D eigenvalue weighted by atomic mass is 16.5. The molecule has 1 aliphatic rings. The lowest BCUT2D eigenvalue weighted by atomic mass is 10.2. The molecular formula is C12H13N7O. The van der Waals surface area contributed by atoms with E-state index in [4.69, 9.17) is 4.74 Å². The van der Waals surface area contributed by atoms with Crippen LogP contribution in [-0.4, -0.2) is 49.8 Å². The predicted octanol–water partition coefficient (Wildman–Crippen LogP) is 0.654. The molecule has 0 spiro atoms. The summed E-state index contributed by atoms with van der Waals surface area (Å²) in [4.78, 5) is 18.0. The van der Waals surface area contributed by atoms with Gasteiger partial charge in [-0.05, 0) is 6.07 Å². The fraction of sp³-hybridized carbons (Fsp3) is 0.333. The third kappa shape index (κ3) is 1.81. The summed E-state index contributed by atoms with van der Waals surface area (Å²) in [5, 5.41) is 6.93. The molecule has 1 saturated heterocycles. The van der Waals surface area contributed by atoms with Gasteiger partial charge < -0.3 is 14.6 Å². The Hall–Kier alpha value is -2.48. The van der Waals surface area contributed by atoms with Crippen LogP contribution in [0.4, 0.5) is 5.82 Å². The zero-order chi connectivity index (χ0) is 13.4. The van der Waals surface area contributed by atoms with E-state index >= 15 is 0 Å². The molecule has 4 rings (SSSR count). The number of imidazole rings is 1. The summed E-state index contributed by atoms with van der Waals surface area (Å²) in [5.74, 6) is 0.861. The second-order valence-corrected chi connectivity index (χ2v) is 4.62. The van der Waals surface area contributed by atoms with Crippen molar-refractivity contribution < 1.29 is 4.74 Å². The van der Waals surface area contributed by atoms with Gasteiger partial charge in [0.15, 0.2) is 11.5 Å². The number of fused-ring (bicyclic) bond motifs is 1. The van der Waals surface area contributed by atoms with Crippen LogP contribution in [0.1, 0.15) is 11.8 Å². The molecule has 8 heteroatoms. The first-order valence-electron chi connectivity index (χ1n) is 6.42. The van der Waals surface area contributed by atoms with Gasteiger partial charge in [-0.3, -0.25) is 5.10 Å². The van der Waals surface area contributed by atoms with Crippen LogP contribution in [0.5, 0.6) is 0 Å². The SMILES string of the molecule is c1cc(C2CN(c3ncnc4nc[nH]c34)CCO2)[nH]n1. The summed E-state index contributed by atoms with van der Waals surface area (Å²) in [5.41, 5.74) is 2.52. The van der Waals surface area contributed by atoms with Gasteiger partial charge in [0.05, 0.1) is 25.2 Å². The Balaban J connectivity index is 1.66. The highest BCUT2D eigenvalue weighted by Crippen LogP contribution is 2.26. The molecule has 3 aromatic rings. The van der Waals surface area contributed by atoms with Crippen molar-refractivity contribution in [2.24, 2.45) is 0 Å². The number of hydrogen-bond acceptors (Lipinski definition) is 6. The molecular weight excluding hydrogens is 258 g/mol. The summed E-state index contributed by atoms with van der Waals surface area (Å²) >= 11 is 0. The van der Waals surface area contributed by atoms with Crippen LogP contribution in [0.15, 0.2) is 24.9 Å². The van der Waals surface area contributed by atoms with E-state index in [9.17, 15) is 0 Å². The van der Waals surface area contributed by atoms with Gasteiger partial charge >= 0.3 is 0 Å². The fourth-order valence-electron chi connectivity index (χ4n) is 2.47. The molecule has 0 radical (unpaired) electrons. The van der Waals surface area contributed by atoms with Crippen LogP contribution in [0, 0.1) is 0 Å². The molecule has 0 bridgehead atoms. The molecule has 1 unspecified atom stereocenters. The number of nitrogens with zero attached hydrogens (tertiary/aromatic N) is 5.